The molecule has 6 heteroatoms. The van der Waals surface area contributed by atoms with Crippen LogP contribution in [0.1, 0.15) is 28.9 Å². The van der Waals surface area contributed by atoms with Gasteiger partial charge in [-0.05, 0) is 41.5 Å². The molecule has 1 N–H and O–H groups in total. The van der Waals surface area contributed by atoms with Crippen molar-refractivity contribution in [2.75, 3.05) is 20.3 Å². The Morgan fingerprint density at radius 3 is 2.61 bits per heavy atom. The van der Waals surface area contributed by atoms with Crippen LogP contribution < -0.4 is 14.8 Å². The Balaban J connectivity index is 1.60. The molecule has 0 aliphatic heterocycles. The fraction of sp³-hybridized carbons (Fsp3) is 0.200. The SMILES string of the molecule is C=CCOc1ccc(C(=O)OCC(=O)NC(C)c2cccc3ccccc23)cc1OC. The third-order valence-corrected chi connectivity index (χ3v) is 4.76. The molecule has 0 aromatic heterocycles. The number of ether oxygens (including phenoxy) is 3. The molecule has 1 amide bonds. The zero-order valence-corrected chi connectivity index (χ0v) is 17.6. The molecule has 0 fully saturated rings. The van der Waals surface area contributed by atoms with Gasteiger partial charge in [0.2, 0.25) is 0 Å². The first-order valence-corrected chi connectivity index (χ1v) is 9.89. The number of esters is 1. The van der Waals surface area contributed by atoms with Crippen molar-refractivity contribution in [1.82, 2.24) is 5.32 Å². The smallest absolute Gasteiger partial charge is 0.338 e. The summed E-state index contributed by atoms with van der Waals surface area (Å²) < 4.78 is 15.9. The number of amides is 1. The zero-order chi connectivity index (χ0) is 22.2. The van der Waals surface area contributed by atoms with Crippen molar-refractivity contribution in [1.29, 1.82) is 0 Å². The van der Waals surface area contributed by atoms with Gasteiger partial charge in [0, 0.05) is 0 Å². The van der Waals surface area contributed by atoms with Crippen LogP contribution in [0.2, 0.25) is 0 Å². The standard InChI is InChI=1S/C25H25NO5/c1-4-14-30-22-13-12-19(15-23(22)29-3)25(28)31-16-24(27)26-17(2)20-11-7-9-18-8-5-6-10-21(18)20/h4-13,15,17H,1,14,16H2,2-3H3,(H,26,27). The molecule has 0 spiro atoms. The van der Waals surface area contributed by atoms with Gasteiger partial charge in [-0.3, -0.25) is 4.79 Å². The third-order valence-electron chi connectivity index (χ3n) is 4.76. The van der Waals surface area contributed by atoms with Crippen molar-refractivity contribution in [2.24, 2.45) is 0 Å². The van der Waals surface area contributed by atoms with Crippen molar-refractivity contribution in [2.45, 2.75) is 13.0 Å². The van der Waals surface area contributed by atoms with Crippen LogP contribution in [0.15, 0.2) is 73.3 Å². The molecule has 160 valence electrons. The minimum atomic E-state index is -0.624. The van der Waals surface area contributed by atoms with E-state index in [-0.39, 0.29) is 24.1 Å². The van der Waals surface area contributed by atoms with Crippen molar-refractivity contribution >= 4 is 22.6 Å². The number of fused-ring (bicyclic) bond motifs is 1. The number of hydrogen-bond donors (Lipinski definition) is 1. The number of nitrogens with one attached hydrogen (secondary N) is 1. The van der Waals surface area contributed by atoms with Gasteiger partial charge in [0.15, 0.2) is 18.1 Å². The Morgan fingerprint density at radius 1 is 1.06 bits per heavy atom. The second-order valence-corrected chi connectivity index (χ2v) is 6.90. The molecule has 0 saturated carbocycles. The molecule has 31 heavy (non-hydrogen) atoms. The zero-order valence-electron chi connectivity index (χ0n) is 17.6. The fourth-order valence-corrected chi connectivity index (χ4v) is 3.27. The largest absolute Gasteiger partial charge is 0.493 e. The average Bonchev–Trinajstić information content (AvgIpc) is 2.80. The van der Waals surface area contributed by atoms with E-state index in [9.17, 15) is 9.59 Å². The lowest BCUT2D eigenvalue weighted by Crippen LogP contribution is -2.31. The molecule has 3 aromatic rings. The Morgan fingerprint density at radius 2 is 1.84 bits per heavy atom. The molecular formula is C25H25NO5. The summed E-state index contributed by atoms with van der Waals surface area (Å²) >= 11 is 0. The molecule has 3 rings (SSSR count). The van der Waals surface area contributed by atoms with Crippen molar-refractivity contribution in [3.05, 3.63) is 84.4 Å². The van der Waals surface area contributed by atoms with Gasteiger partial charge in [-0.2, -0.15) is 0 Å². The molecule has 0 aliphatic rings. The summed E-state index contributed by atoms with van der Waals surface area (Å²) in [6, 6.07) is 18.4. The minimum absolute atomic E-state index is 0.237. The first kappa shape index (κ1) is 21.9. The van der Waals surface area contributed by atoms with Crippen molar-refractivity contribution in [3.63, 3.8) is 0 Å². The quantitative estimate of drug-likeness (QED) is 0.410. The molecular weight excluding hydrogens is 394 g/mol. The second kappa shape index (κ2) is 10.3. The van der Waals surface area contributed by atoms with E-state index in [2.05, 4.69) is 11.9 Å². The van der Waals surface area contributed by atoms with Crippen LogP contribution in [-0.2, 0) is 9.53 Å². The van der Waals surface area contributed by atoms with E-state index in [0.29, 0.717) is 18.1 Å². The summed E-state index contributed by atoms with van der Waals surface area (Å²) in [5, 5.41) is 5.05. The van der Waals surface area contributed by atoms with Crippen LogP contribution in [-0.4, -0.2) is 32.2 Å². The van der Waals surface area contributed by atoms with Gasteiger partial charge < -0.3 is 19.5 Å². The van der Waals surface area contributed by atoms with E-state index in [0.717, 1.165) is 16.3 Å². The lowest BCUT2D eigenvalue weighted by molar-refractivity contribution is -0.124. The van der Waals surface area contributed by atoms with Crippen molar-refractivity contribution < 1.29 is 23.8 Å². The van der Waals surface area contributed by atoms with E-state index < -0.39 is 5.97 Å². The minimum Gasteiger partial charge on any atom is -0.493 e. The summed E-state index contributed by atoms with van der Waals surface area (Å²) in [7, 11) is 1.48. The Hall–Kier alpha value is -3.80. The lowest BCUT2D eigenvalue weighted by atomic mass is 10.00. The first-order chi connectivity index (χ1) is 15.0. The summed E-state index contributed by atoms with van der Waals surface area (Å²) in [6.07, 6.45) is 1.61. The second-order valence-electron chi connectivity index (χ2n) is 6.90. The molecule has 3 aromatic carbocycles. The number of carbonyl (C=O) groups excluding carboxylic acids is 2. The van der Waals surface area contributed by atoms with Gasteiger partial charge in [0.05, 0.1) is 18.7 Å². The number of carbonyl (C=O) groups is 2. The van der Waals surface area contributed by atoms with Gasteiger partial charge >= 0.3 is 5.97 Å². The van der Waals surface area contributed by atoms with E-state index in [1.807, 2.05) is 49.4 Å². The molecule has 0 heterocycles. The molecule has 1 atom stereocenters. The Kier molecular flexibility index (Phi) is 7.27. The van der Waals surface area contributed by atoms with Crippen LogP contribution in [0.4, 0.5) is 0 Å². The van der Waals surface area contributed by atoms with Gasteiger partial charge in [0.1, 0.15) is 6.61 Å². The first-order valence-electron chi connectivity index (χ1n) is 9.89. The van der Waals surface area contributed by atoms with Crippen LogP contribution in [0, 0.1) is 0 Å². The molecule has 0 bridgehead atoms. The van der Waals surface area contributed by atoms with Crippen LogP contribution in [0.25, 0.3) is 10.8 Å². The van der Waals surface area contributed by atoms with E-state index in [1.54, 1.807) is 18.2 Å². The molecule has 0 radical (unpaired) electrons. The fourth-order valence-electron chi connectivity index (χ4n) is 3.27. The highest BCUT2D eigenvalue weighted by Crippen LogP contribution is 2.28. The normalized spacial score (nSPS) is 11.4. The third kappa shape index (κ3) is 5.42. The summed E-state index contributed by atoms with van der Waals surface area (Å²) in [6.45, 7) is 5.42. The summed E-state index contributed by atoms with van der Waals surface area (Å²) in [5.74, 6) is -0.126. The maximum absolute atomic E-state index is 12.4. The van der Waals surface area contributed by atoms with Gasteiger partial charge in [-0.1, -0.05) is 55.1 Å². The predicted octanol–water partition coefficient (Wildman–Crippen LogP) is 4.45. The summed E-state index contributed by atoms with van der Waals surface area (Å²) in [4.78, 5) is 24.7. The maximum Gasteiger partial charge on any atom is 0.338 e. The Labute approximate surface area is 181 Å². The van der Waals surface area contributed by atoms with Gasteiger partial charge in [-0.15, -0.1) is 0 Å². The van der Waals surface area contributed by atoms with Gasteiger partial charge in [-0.25, -0.2) is 4.79 Å². The maximum atomic E-state index is 12.4. The Bertz CT molecular complexity index is 1090. The highest BCUT2D eigenvalue weighted by molar-refractivity contribution is 5.92. The number of benzene rings is 3. The molecule has 6 nitrogen and oxygen atoms in total. The van der Waals surface area contributed by atoms with E-state index in [1.165, 1.54) is 13.2 Å². The monoisotopic (exact) mass is 419 g/mol. The highest BCUT2D eigenvalue weighted by atomic mass is 16.5. The summed E-state index contributed by atoms with van der Waals surface area (Å²) in [5.41, 5.74) is 1.26. The van der Waals surface area contributed by atoms with Crippen molar-refractivity contribution in [3.8, 4) is 11.5 Å². The number of methoxy groups -OCH3 is 1. The number of hydrogen-bond acceptors (Lipinski definition) is 5. The average molecular weight is 419 g/mol. The highest BCUT2D eigenvalue weighted by Gasteiger charge is 2.16. The molecule has 0 aliphatic carbocycles. The van der Waals surface area contributed by atoms with Crippen LogP contribution in [0.3, 0.4) is 0 Å². The van der Waals surface area contributed by atoms with Gasteiger partial charge in [0.25, 0.3) is 5.91 Å². The number of rotatable bonds is 9. The topological polar surface area (TPSA) is 73.9 Å². The molecule has 1 unspecified atom stereocenters. The molecule has 0 saturated heterocycles. The predicted molar refractivity (Wildman–Crippen MR) is 119 cm³/mol. The van der Waals surface area contributed by atoms with Crippen LogP contribution in [0.5, 0.6) is 11.5 Å². The lowest BCUT2D eigenvalue weighted by Gasteiger charge is -2.17. The van der Waals surface area contributed by atoms with Crippen LogP contribution >= 0.6 is 0 Å². The van der Waals surface area contributed by atoms with E-state index in [4.69, 9.17) is 14.2 Å². The van der Waals surface area contributed by atoms with E-state index >= 15 is 0 Å².